The fourth-order valence-corrected chi connectivity index (χ4v) is 3.87. The van der Waals surface area contributed by atoms with Crippen LogP contribution in [0, 0.1) is 6.92 Å². The second-order valence-electron chi connectivity index (χ2n) is 7.04. The van der Waals surface area contributed by atoms with Gasteiger partial charge in [0.1, 0.15) is 11.4 Å². The molecule has 0 unspecified atom stereocenters. The average Bonchev–Trinajstić information content (AvgIpc) is 2.94. The Balaban J connectivity index is 2.04. The minimum Gasteiger partial charge on any atom is -0.350 e. The molecule has 5 nitrogen and oxygen atoms in total. The van der Waals surface area contributed by atoms with Crippen LogP contribution in [0.15, 0.2) is 41.5 Å². The maximum atomic E-state index is 13.1. The molecule has 0 fully saturated rings. The summed E-state index contributed by atoms with van der Waals surface area (Å²) < 4.78 is 1.39. The van der Waals surface area contributed by atoms with Gasteiger partial charge in [0, 0.05) is 16.0 Å². The quantitative estimate of drug-likeness (QED) is 0.745. The van der Waals surface area contributed by atoms with E-state index in [1.807, 2.05) is 58.0 Å². The van der Waals surface area contributed by atoms with Gasteiger partial charge in [-0.05, 0) is 32.8 Å². The zero-order valence-corrected chi connectivity index (χ0v) is 16.3. The SMILES string of the molecule is CCC(C)(C)NC(=O)Cn1cnc2sc(C)c(-c3ccccc3)c2c1=O. The van der Waals surface area contributed by atoms with Crippen molar-refractivity contribution in [2.45, 2.75) is 46.2 Å². The first kappa shape index (κ1) is 18.3. The molecule has 0 radical (unpaired) electrons. The van der Waals surface area contributed by atoms with Crippen LogP contribution in [0.25, 0.3) is 21.3 Å². The number of carbonyl (C=O) groups excluding carboxylic acids is 1. The summed E-state index contributed by atoms with van der Waals surface area (Å²) in [4.78, 5) is 31.6. The molecular weight excluding hydrogens is 346 g/mol. The molecule has 0 aliphatic carbocycles. The number of fused-ring (bicyclic) bond motifs is 1. The zero-order valence-electron chi connectivity index (χ0n) is 15.5. The molecule has 2 heterocycles. The molecule has 1 N–H and O–H groups in total. The van der Waals surface area contributed by atoms with Crippen molar-refractivity contribution in [3.8, 4) is 11.1 Å². The molecule has 0 aliphatic heterocycles. The van der Waals surface area contributed by atoms with E-state index in [2.05, 4.69) is 10.3 Å². The van der Waals surface area contributed by atoms with Crippen molar-refractivity contribution in [2.24, 2.45) is 0 Å². The van der Waals surface area contributed by atoms with E-state index in [4.69, 9.17) is 0 Å². The fraction of sp³-hybridized carbons (Fsp3) is 0.350. The van der Waals surface area contributed by atoms with Gasteiger partial charge in [0.25, 0.3) is 5.56 Å². The lowest BCUT2D eigenvalue weighted by atomic mass is 10.0. The highest BCUT2D eigenvalue weighted by Crippen LogP contribution is 2.35. The van der Waals surface area contributed by atoms with E-state index in [9.17, 15) is 9.59 Å². The number of aromatic nitrogens is 2. The van der Waals surface area contributed by atoms with Crippen molar-refractivity contribution in [1.82, 2.24) is 14.9 Å². The Morgan fingerprint density at radius 1 is 1.27 bits per heavy atom. The highest BCUT2D eigenvalue weighted by Gasteiger charge is 2.20. The molecule has 3 rings (SSSR count). The van der Waals surface area contributed by atoms with E-state index in [0.717, 1.165) is 22.4 Å². The number of nitrogens with one attached hydrogen (secondary N) is 1. The molecule has 1 aromatic carbocycles. The molecule has 0 saturated heterocycles. The molecule has 0 atom stereocenters. The minimum atomic E-state index is -0.299. The third-order valence-corrected chi connectivity index (χ3v) is 5.61. The second-order valence-corrected chi connectivity index (χ2v) is 8.25. The lowest BCUT2D eigenvalue weighted by molar-refractivity contribution is -0.123. The van der Waals surface area contributed by atoms with E-state index in [1.165, 1.54) is 22.2 Å². The predicted octanol–water partition coefficient (Wildman–Crippen LogP) is 3.74. The van der Waals surface area contributed by atoms with Crippen molar-refractivity contribution in [2.75, 3.05) is 0 Å². The van der Waals surface area contributed by atoms with Crippen LogP contribution < -0.4 is 10.9 Å². The monoisotopic (exact) mass is 369 g/mol. The Kier molecular flexibility index (Phi) is 4.96. The summed E-state index contributed by atoms with van der Waals surface area (Å²) in [6, 6.07) is 9.83. The molecule has 0 bridgehead atoms. The standard InChI is InChI=1S/C20H23N3O2S/c1-5-20(3,4)22-15(24)11-23-12-21-18-17(19(23)25)16(13(2)26-18)14-9-7-6-8-10-14/h6-10,12H,5,11H2,1-4H3,(H,22,24). The Labute approximate surface area is 156 Å². The van der Waals surface area contributed by atoms with Crippen LogP contribution in [0.4, 0.5) is 0 Å². The van der Waals surface area contributed by atoms with Gasteiger partial charge >= 0.3 is 0 Å². The van der Waals surface area contributed by atoms with Crippen molar-refractivity contribution >= 4 is 27.5 Å². The predicted molar refractivity (Wildman–Crippen MR) is 107 cm³/mol. The van der Waals surface area contributed by atoms with Crippen LogP contribution in [0.3, 0.4) is 0 Å². The first-order valence-corrected chi connectivity index (χ1v) is 9.49. The van der Waals surface area contributed by atoms with E-state index in [0.29, 0.717) is 10.2 Å². The van der Waals surface area contributed by atoms with Gasteiger partial charge < -0.3 is 5.32 Å². The molecule has 2 aromatic heterocycles. The summed E-state index contributed by atoms with van der Waals surface area (Å²) in [6.45, 7) is 7.90. The number of nitrogens with zero attached hydrogens (tertiary/aromatic N) is 2. The number of amides is 1. The largest absolute Gasteiger partial charge is 0.350 e. The maximum Gasteiger partial charge on any atom is 0.263 e. The van der Waals surface area contributed by atoms with E-state index in [1.54, 1.807) is 0 Å². The Morgan fingerprint density at radius 2 is 1.96 bits per heavy atom. The van der Waals surface area contributed by atoms with Gasteiger partial charge in [0.2, 0.25) is 5.91 Å². The molecule has 6 heteroatoms. The number of rotatable bonds is 5. The summed E-state index contributed by atoms with van der Waals surface area (Å²) in [7, 11) is 0. The number of benzene rings is 1. The van der Waals surface area contributed by atoms with E-state index >= 15 is 0 Å². The lowest BCUT2D eigenvalue weighted by Crippen LogP contribution is -2.45. The summed E-state index contributed by atoms with van der Waals surface area (Å²) in [6.07, 6.45) is 2.28. The van der Waals surface area contributed by atoms with Gasteiger partial charge in [-0.2, -0.15) is 0 Å². The zero-order chi connectivity index (χ0) is 18.9. The summed E-state index contributed by atoms with van der Waals surface area (Å²) >= 11 is 1.50. The van der Waals surface area contributed by atoms with Crippen LogP contribution in [-0.4, -0.2) is 21.0 Å². The van der Waals surface area contributed by atoms with Crippen LogP contribution >= 0.6 is 11.3 Å². The maximum absolute atomic E-state index is 13.1. The Bertz CT molecular complexity index is 1000. The van der Waals surface area contributed by atoms with E-state index < -0.39 is 0 Å². The summed E-state index contributed by atoms with van der Waals surface area (Å²) in [5.41, 5.74) is 1.42. The topological polar surface area (TPSA) is 64.0 Å². The third-order valence-electron chi connectivity index (χ3n) is 4.59. The Morgan fingerprint density at radius 3 is 2.62 bits per heavy atom. The van der Waals surface area contributed by atoms with Gasteiger partial charge in [-0.15, -0.1) is 11.3 Å². The molecule has 1 amide bonds. The number of hydrogen-bond acceptors (Lipinski definition) is 4. The smallest absolute Gasteiger partial charge is 0.263 e. The molecule has 0 saturated carbocycles. The van der Waals surface area contributed by atoms with Crippen molar-refractivity contribution < 1.29 is 4.79 Å². The molecule has 3 aromatic rings. The summed E-state index contributed by atoms with van der Waals surface area (Å²) in [5.74, 6) is -0.187. The molecule has 0 aliphatic rings. The van der Waals surface area contributed by atoms with Crippen LogP contribution in [0.5, 0.6) is 0 Å². The highest BCUT2D eigenvalue weighted by atomic mass is 32.1. The average molecular weight is 369 g/mol. The van der Waals surface area contributed by atoms with Gasteiger partial charge in [0.05, 0.1) is 11.7 Å². The van der Waals surface area contributed by atoms with Gasteiger partial charge in [0.15, 0.2) is 0 Å². The van der Waals surface area contributed by atoms with Crippen molar-refractivity contribution in [3.63, 3.8) is 0 Å². The molecule has 26 heavy (non-hydrogen) atoms. The van der Waals surface area contributed by atoms with Crippen molar-refractivity contribution in [1.29, 1.82) is 0 Å². The molecular formula is C20H23N3O2S. The van der Waals surface area contributed by atoms with Crippen LogP contribution in [0.2, 0.25) is 0 Å². The van der Waals surface area contributed by atoms with Gasteiger partial charge in [-0.1, -0.05) is 37.3 Å². The van der Waals surface area contributed by atoms with Crippen molar-refractivity contribution in [3.05, 3.63) is 51.9 Å². The first-order valence-electron chi connectivity index (χ1n) is 8.67. The van der Waals surface area contributed by atoms with Crippen LogP contribution in [-0.2, 0) is 11.3 Å². The number of carbonyl (C=O) groups is 1. The van der Waals surface area contributed by atoms with Gasteiger partial charge in [-0.25, -0.2) is 4.98 Å². The Hall–Kier alpha value is -2.47. The fourth-order valence-electron chi connectivity index (χ4n) is 2.86. The highest BCUT2D eigenvalue weighted by molar-refractivity contribution is 7.19. The van der Waals surface area contributed by atoms with E-state index in [-0.39, 0.29) is 23.6 Å². The van der Waals surface area contributed by atoms with Gasteiger partial charge in [-0.3, -0.25) is 14.2 Å². The molecule has 136 valence electrons. The summed E-state index contributed by atoms with van der Waals surface area (Å²) in [5, 5.41) is 3.54. The third kappa shape index (κ3) is 3.55. The first-order chi connectivity index (χ1) is 12.3. The number of aryl methyl sites for hydroxylation is 1. The van der Waals surface area contributed by atoms with Crippen LogP contribution in [0.1, 0.15) is 32.1 Å². The number of thiophene rings is 1. The second kappa shape index (κ2) is 7.03. The molecule has 0 spiro atoms. The number of hydrogen-bond donors (Lipinski definition) is 1. The minimum absolute atomic E-state index is 0.0334. The normalized spacial score (nSPS) is 11.7. The lowest BCUT2D eigenvalue weighted by Gasteiger charge is -2.24.